The SMILES string of the molecule is CC1CC(C)CN(C(=O)CN2CCN(C(=O)c3sccc3-c3ccccc3)CC2)C1. The molecule has 2 aromatic rings. The lowest BCUT2D eigenvalue weighted by atomic mass is 9.92. The largest absolute Gasteiger partial charge is 0.341 e. The number of nitrogens with zero attached hydrogens (tertiary/aromatic N) is 3. The summed E-state index contributed by atoms with van der Waals surface area (Å²) in [6.45, 7) is 9.53. The number of rotatable bonds is 4. The fraction of sp³-hybridized carbons (Fsp3) is 0.500. The molecule has 160 valence electrons. The zero-order chi connectivity index (χ0) is 21.1. The van der Waals surface area contributed by atoms with E-state index in [1.807, 2.05) is 51.6 Å². The zero-order valence-electron chi connectivity index (χ0n) is 17.9. The summed E-state index contributed by atoms with van der Waals surface area (Å²) in [7, 11) is 0. The maximum Gasteiger partial charge on any atom is 0.264 e. The third-order valence-electron chi connectivity index (χ3n) is 6.18. The lowest BCUT2D eigenvalue weighted by Gasteiger charge is -2.38. The van der Waals surface area contributed by atoms with Crippen LogP contribution in [0.2, 0.25) is 0 Å². The van der Waals surface area contributed by atoms with Crippen LogP contribution in [-0.4, -0.2) is 72.3 Å². The summed E-state index contributed by atoms with van der Waals surface area (Å²) < 4.78 is 0. The van der Waals surface area contributed by atoms with Crippen LogP contribution in [0.4, 0.5) is 0 Å². The van der Waals surface area contributed by atoms with E-state index < -0.39 is 0 Å². The molecule has 0 aliphatic carbocycles. The summed E-state index contributed by atoms with van der Waals surface area (Å²) in [6, 6.07) is 12.1. The summed E-state index contributed by atoms with van der Waals surface area (Å²) in [6.07, 6.45) is 1.21. The number of carbonyl (C=O) groups excluding carboxylic acids is 2. The van der Waals surface area contributed by atoms with E-state index in [9.17, 15) is 9.59 Å². The van der Waals surface area contributed by atoms with Crippen LogP contribution in [0.25, 0.3) is 11.1 Å². The van der Waals surface area contributed by atoms with Crippen LogP contribution in [0.5, 0.6) is 0 Å². The highest BCUT2D eigenvalue weighted by atomic mass is 32.1. The highest BCUT2D eigenvalue weighted by molar-refractivity contribution is 7.12. The predicted octanol–water partition coefficient (Wildman–Crippen LogP) is 3.68. The molecule has 2 atom stereocenters. The Kier molecular flexibility index (Phi) is 6.54. The second-order valence-corrected chi connectivity index (χ2v) is 9.76. The van der Waals surface area contributed by atoms with Crippen molar-refractivity contribution in [2.45, 2.75) is 20.3 Å². The second kappa shape index (κ2) is 9.31. The van der Waals surface area contributed by atoms with Gasteiger partial charge in [0, 0.05) is 44.8 Å². The number of amides is 2. The molecule has 2 aliphatic rings. The minimum atomic E-state index is 0.105. The number of piperidine rings is 1. The van der Waals surface area contributed by atoms with E-state index in [4.69, 9.17) is 0 Å². The average molecular weight is 426 g/mol. The molecule has 5 nitrogen and oxygen atoms in total. The molecule has 0 bridgehead atoms. The Bertz CT molecular complexity index is 864. The van der Waals surface area contributed by atoms with E-state index >= 15 is 0 Å². The van der Waals surface area contributed by atoms with Gasteiger partial charge in [0.2, 0.25) is 5.91 Å². The van der Waals surface area contributed by atoms with E-state index in [1.165, 1.54) is 17.8 Å². The summed E-state index contributed by atoms with van der Waals surface area (Å²) >= 11 is 1.51. The summed E-state index contributed by atoms with van der Waals surface area (Å²) in [5, 5.41) is 1.99. The van der Waals surface area contributed by atoms with Crippen molar-refractivity contribution in [3.05, 3.63) is 46.7 Å². The summed E-state index contributed by atoms with van der Waals surface area (Å²) in [5.41, 5.74) is 2.09. The lowest BCUT2D eigenvalue weighted by Crippen LogP contribution is -2.53. The molecule has 2 fully saturated rings. The van der Waals surface area contributed by atoms with Crippen LogP contribution < -0.4 is 0 Å². The lowest BCUT2D eigenvalue weighted by molar-refractivity contribution is -0.135. The first kappa shape index (κ1) is 21.1. The normalized spacial score (nSPS) is 22.9. The van der Waals surface area contributed by atoms with Gasteiger partial charge in [-0.1, -0.05) is 44.2 Å². The average Bonchev–Trinajstić information content (AvgIpc) is 3.23. The van der Waals surface area contributed by atoms with Crippen LogP contribution in [-0.2, 0) is 4.79 Å². The summed E-state index contributed by atoms with van der Waals surface area (Å²) in [4.78, 5) is 32.9. The first-order valence-electron chi connectivity index (χ1n) is 10.9. The molecule has 0 radical (unpaired) electrons. The van der Waals surface area contributed by atoms with Crippen LogP contribution in [0.15, 0.2) is 41.8 Å². The molecule has 3 heterocycles. The Morgan fingerprint density at radius 3 is 2.27 bits per heavy atom. The number of hydrogen-bond donors (Lipinski definition) is 0. The molecule has 1 aromatic carbocycles. The fourth-order valence-corrected chi connectivity index (χ4v) is 5.61. The van der Waals surface area contributed by atoms with Gasteiger partial charge in [0.25, 0.3) is 5.91 Å². The molecule has 1 aromatic heterocycles. The van der Waals surface area contributed by atoms with Gasteiger partial charge in [-0.05, 0) is 35.3 Å². The first-order chi connectivity index (χ1) is 14.5. The third-order valence-corrected chi connectivity index (χ3v) is 7.09. The fourth-order valence-electron chi connectivity index (χ4n) is 4.73. The van der Waals surface area contributed by atoms with Crippen molar-refractivity contribution in [3.63, 3.8) is 0 Å². The molecule has 2 aliphatic heterocycles. The van der Waals surface area contributed by atoms with Crippen molar-refractivity contribution in [3.8, 4) is 11.1 Å². The monoisotopic (exact) mass is 425 g/mol. The second-order valence-electron chi connectivity index (χ2n) is 8.84. The van der Waals surface area contributed by atoms with Crippen LogP contribution in [0.1, 0.15) is 29.9 Å². The molecule has 4 rings (SSSR count). The Hall–Kier alpha value is -2.18. The quantitative estimate of drug-likeness (QED) is 0.751. The zero-order valence-corrected chi connectivity index (χ0v) is 18.7. The standard InChI is InChI=1S/C24H31N3O2S/c1-18-14-19(2)16-27(15-18)22(28)17-25-9-11-26(12-10-25)24(29)23-21(8-13-30-23)20-6-4-3-5-7-20/h3-8,13,18-19H,9-12,14-17H2,1-2H3. The smallest absolute Gasteiger partial charge is 0.264 e. The van der Waals surface area contributed by atoms with Crippen molar-refractivity contribution in [1.29, 1.82) is 0 Å². The maximum absolute atomic E-state index is 13.1. The first-order valence-corrected chi connectivity index (χ1v) is 11.8. The van der Waals surface area contributed by atoms with Gasteiger partial charge in [-0.2, -0.15) is 0 Å². The van der Waals surface area contributed by atoms with E-state index in [0.717, 1.165) is 42.2 Å². The third kappa shape index (κ3) is 4.76. The van der Waals surface area contributed by atoms with E-state index in [2.05, 4.69) is 18.7 Å². The molecule has 6 heteroatoms. The topological polar surface area (TPSA) is 43.9 Å². The molecule has 0 N–H and O–H groups in total. The van der Waals surface area contributed by atoms with Gasteiger partial charge in [-0.25, -0.2) is 0 Å². The molecule has 30 heavy (non-hydrogen) atoms. The van der Waals surface area contributed by atoms with Crippen molar-refractivity contribution in [2.24, 2.45) is 11.8 Å². The number of likely N-dealkylation sites (tertiary alicyclic amines) is 1. The van der Waals surface area contributed by atoms with Crippen molar-refractivity contribution >= 4 is 23.2 Å². The maximum atomic E-state index is 13.1. The number of benzene rings is 1. The minimum Gasteiger partial charge on any atom is -0.341 e. The Morgan fingerprint density at radius 1 is 0.933 bits per heavy atom. The highest BCUT2D eigenvalue weighted by Crippen LogP contribution is 2.29. The number of piperazine rings is 1. The van der Waals surface area contributed by atoms with Gasteiger partial charge >= 0.3 is 0 Å². The number of hydrogen-bond acceptors (Lipinski definition) is 4. The van der Waals surface area contributed by atoms with Crippen molar-refractivity contribution in [2.75, 3.05) is 45.8 Å². The molecule has 0 saturated carbocycles. The molecular weight excluding hydrogens is 394 g/mol. The van der Waals surface area contributed by atoms with Crippen LogP contribution in [0, 0.1) is 11.8 Å². The van der Waals surface area contributed by atoms with Gasteiger partial charge in [-0.3, -0.25) is 14.5 Å². The molecular formula is C24H31N3O2S. The van der Waals surface area contributed by atoms with Gasteiger partial charge in [0.05, 0.1) is 11.4 Å². The molecule has 0 spiro atoms. The van der Waals surface area contributed by atoms with E-state index in [-0.39, 0.29) is 11.8 Å². The van der Waals surface area contributed by atoms with Gasteiger partial charge in [0.15, 0.2) is 0 Å². The Morgan fingerprint density at radius 2 is 1.60 bits per heavy atom. The molecule has 2 amide bonds. The van der Waals surface area contributed by atoms with Crippen molar-refractivity contribution < 1.29 is 9.59 Å². The van der Waals surface area contributed by atoms with E-state index in [0.29, 0.717) is 31.5 Å². The van der Waals surface area contributed by atoms with E-state index in [1.54, 1.807) is 0 Å². The van der Waals surface area contributed by atoms with Crippen LogP contribution >= 0.6 is 11.3 Å². The van der Waals surface area contributed by atoms with Gasteiger partial charge < -0.3 is 9.80 Å². The van der Waals surface area contributed by atoms with Crippen LogP contribution in [0.3, 0.4) is 0 Å². The molecule has 2 saturated heterocycles. The van der Waals surface area contributed by atoms with Crippen molar-refractivity contribution in [1.82, 2.24) is 14.7 Å². The predicted molar refractivity (Wildman–Crippen MR) is 122 cm³/mol. The minimum absolute atomic E-state index is 0.105. The number of carbonyl (C=O) groups is 2. The van der Waals surface area contributed by atoms with Gasteiger partial charge in [0.1, 0.15) is 0 Å². The Labute approximate surface area is 183 Å². The Balaban J connectivity index is 1.32. The molecule has 2 unspecified atom stereocenters. The number of thiophene rings is 1. The summed E-state index contributed by atoms with van der Waals surface area (Å²) in [5.74, 6) is 1.50. The highest BCUT2D eigenvalue weighted by Gasteiger charge is 2.29. The van der Waals surface area contributed by atoms with Gasteiger partial charge in [-0.15, -0.1) is 11.3 Å².